The molecule has 1 saturated heterocycles. The van der Waals surface area contributed by atoms with Crippen molar-refractivity contribution in [1.29, 1.82) is 0 Å². The molecular weight excluding hydrogens is 402 g/mol. The van der Waals surface area contributed by atoms with Gasteiger partial charge in [0.15, 0.2) is 9.84 Å². The minimum absolute atomic E-state index is 0.0442. The van der Waals surface area contributed by atoms with Gasteiger partial charge in [-0.3, -0.25) is 4.79 Å². The van der Waals surface area contributed by atoms with Crippen LogP contribution in [0.25, 0.3) is 0 Å². The second-order valence-electron chi connectivity index (χ2n) is 7.61. The maximum absolute atomic E-state index is 12.6. The highest BCUT2D eigenvalue weighted by Crippen LogP contribution is 2.18. The number of hydrogen-bond donors (Lipinski definition) is 2. The van der Waals surface area contributed by atoms with E-state index in [0.717, 1.165) is 5.56 Å². The van der Waals surface area contributed by atoms with Crippen LogP contribution in [0.15, 0.2) is 59.5 Å². The van der Waals surface area contributed by atoms with E-state index in [1.165, 1.54) is 6.26 Å². The van der Waals surface area contributed by atoms with Crippen molar-refractivity contribution in [2.75, 3.05) is 19.3 Å². The van der Waals surface area contributed by atoms with Gasteiger partial charge in [-0.25, -0.2) is 13.2 Å². The molecule has 0 saturated carbocycles. The summed E-state index contributed by atoms with van der Waals surface area (Å²) in [5.41, 5.74) is 1.47. The Hall–Kier alpha value is -2.87. The number of nitrogens with one attached hydrogen (secondary N) is 2. The van der Waals surface area contributed by atoms with Crippen molar-refractivity contribution < 1.29 is 18.0 Å². The molecule has 0 aliphatic carbocycles. The molecule has 0 bridgehead atoms. The van der Waals surface area contributed by atoms with Crippen molar-refractivity contribution in [2.45, 2.75) is 36.7 Å². The third-order valence-electron chi connectivity index (χ3n) is 5.30. The number of carbonyl (C=O) groups is 2. The molecule has 30 heavy (non-hydrogen) atoms. The number of rotatable bonds is 5. The van der Waals surface area contributed by atoms with Crippen LogP contribution in [0.4, 0.5) is 4.79 Å². The quantitative estimate of drug-likeness (QED) is 0.764. The lowest BCUT2D eigenvalue weighted by molar-refractivity contribution is 0.0917. The lowest BCUT2D eigenvalue weighted by atomic mass is 10.0. The molecule has 0 aromatic heterocycles. The molecule has 7 nitrogen and oxygen atoms in total. The Bertz CT molecular complexity index is 983. The predicted octanol–water partition coefficient (Wildman–Crippen LogP) is 2.76. The van der Waals surface area contributed by atoms with Gasteiger partial charge in [-0.2, -0.15) is 0 Å². The minimum Gasteiger partial charge on any atom is -0.349 e. The zero-order valence-electron chi connectivity index (χ0n) is 17.2. The van der Waals surface area contributed by atoms with Crippen LogP contribution in [0.1, 0.15) is 41.7 Å². The molecule has 1 heterocycles. The number of benzene rings is 2. The minimum atomic E-state index is -3.24. The molecule has 2 aromatic rings. The molecule has 1 atom stereocenters. The molecule has 160 valence electrons. The van der Waals surface area contributed by atoms with Crippen molar-refractivity contribution in [3.8, 4) is 0 Å². The zero-order chi connectivity index (χ0) is 21.7. The van der Waals surface area contributed by atoms with Crippen LogP contribution in [0, 0.1) is 0 Å². The average Bonchev–Trinajstić information content (AvgIpc) is 2.74. The number of amides is 3. The molecule has 8 heteroatoms. The van der Waals surface area contributed by atoms with Crippen LogP contribution in [0.3, 0.4) is 0 Å². The standard InChI is InChI=1S/C22H27N3O4S/c1-16(17-8-10-20(11-9-17)30(2,28)29)23-22(27)25-14-12-19(13-15-25)24-21(26)18-6-4-3-5-7-18/h3-11,16,19H,12-15H2,1-2H3,(H,23,27)(H,24,26)/t16-/m1/s1. The van der Waals surface area contributed by atoms with Crippen LogP contribution in [0.5, 0.6) is 0 Å². The Morgan fingerprint density at radius 3 is 2.17 bits per heavy atom. The van der Waals surface area contributed by atoms with E-state index in [-0.39, 0.29) is 28.9 Å². The highest BCUT2D eigenvalue weighted by atomic mass is 32.2. The van der Waals surface area contributed by atoms with Crippen molar-refractivity contribution in [1.82, 2.24) is 15.5 Å². The smallest absolute Gasteiger partial charge is 0.317 e. The summed E-state index contributed by atoms with van der Waals surface area (Å²) in [5.74, 6) is -0.0929. The normalized spacial score (nSPS) is 16.0. The van der Waals surface area contributed by atoms with Gasteiger partial charge < -0.3 is 15.5 Å². The van der Waals surface area contributed by atoms with Crippen LogP contribution >= 0.6 is 0 Å². The molecule has 0 radical (unpaired) electrons. The highest BCUT2D eigenvalue weighted by molar-refractivity contribution is 7.90. The fraction of sp³-hybridized carbons (Fsp3) is 0.364. The molecular formula is C22H27N3O4S. The van der Waals surface area contributed by atoms with Gasteiger partial charge in [-0.15, -0.1) is 0 Å². The van der Waals surface area contributed by atoms with E-state index < -0.39 is 9.84 Å². The van der Waals surface area contributed by atoms with E-state index >= 15 is 0 Å². The number of carbonyl (C=O) groups excluding carboxylic acids is 2. The number of piperidine rings is 1. The van der Waals surface area contributed by atoms with Gasteiger partial charge in [0.1, 0.15) is 0 Å². The third kappa shape index (κ3) is 5.60. The largest absolute Gasteiger partial charge is 0.349 e. The van der Waals surface area contributed by atoms with E-state index in [9.17, 15) is 18.0 Å². The van der Waals surface area contributed by atoms with Gasteiger partial charge in [0.25, 0.3) is 5.91 Å². The van der Waals surface area contributed by atoms with Crippen LogP contribution in [-0.4, -0.2) is 50.6 Å². The Kier molecular flexibility index (Phi) is 6.77. The predicted molar refractivity (Wildman–Crippen MR) is 115 cm³/mol. The molecule has 3 rings (SSSR count). The second kappa shape index (κ2) is 9.30. The first-order valence-corrected chi connectivity index (χ1v) is 11.8. The first-order chi connectivity index (χ1) is 14.2. The number of sulfone groups is 1. The molecule has 2 N–H and O–H groups in total. The zero-order valence-corrected chi connectivity index (χ0v) is 18.0. The highest BCUT2D eigenvalue weighted by Gasteiger charge is 2.25. The Morgan fingerprint density at radius 2 is 1.60 bits per heavy atom. The summed E-state index contributed by atoms with van der Waals surface area (Å²) < 4.78 is 23.1. The molecule has 0 spiro atoms. The summed E-state index contributed by atoms with van der Waals surface area (Å²) in [4.78, 5) is 26.9. The fourth-order valence-electron chi connectivity index (χ4n) is 3.45. The summed E-state index contributed by atoms with van der Waals surface area (Å²) in [5, 5.41) is 5.99. The number of urea groups is 1. The van der Waals surface area contributed by atoms with Gasteiger partial charge in [0.2, 0.25) is 0 Å². The summed E-state index contributed by atoms with van der Waals surface area (Å²) >= 11 is 0. The van der Waals surface area contributed by atoms with Crippen molar-refractivity contribution in [3.05, 3.63) is 65.7 Å². The van der Waals surface area contributed by atoms with Crippen molar-refractivity contribution in [3.63, 3.8) is 0 Å². The van der Waals surface area contributed by atoms with Crippen molar-refractivity contribution >= 4 is 21.8 Å². The van der Waals surface area contributed by atoms with Gasteiger partial charge in [-0.05, 0) is 49.6 Å². The molecule has 0 unspecified atom stereocenters. The Labute approximate surface area is 177 Å². The van der Waals surface area contributed by atoms with Gasteiger partial charge in [0.05, 0.1) is 10.9 Å². The number of likely N-dealkylation sites (tertiary alicyclic amines) is 1. The summed E-state index contributed by atoms with van der Waals surface area (Å²) in [7, 11) is -3.24. The summed E-state index contributed by atoms with van der Waals surface area (Å²) in [6.45, 7) is 2.98. The van der Waals surface area contributed by atoms with E-state index in [1.807, 2.05) is 25.1 Å². The molecule has 1 aliphatic rings. The molecule has 3 amide bonds. The maximum Gasteiger partial charge on any atom is 0.317 e. The molecule has 2 aromatic carbocycles. The fourth-order valence-corrected chi connectivity index (χ4v) is 4.08. The lowest BCUT2D eigenvalue weighted by Gasteiger charge is -2.33. The van der Waals surface area contributed by atoms with E-state index in [4.69, 9.17) is 0 Å². The second-order valence-corrected chi connectivity index (χ2v) is 9.63. The summed E-state index contributed by atoms with van der Waals surface area (Å²) in [6, 6.07) is 15.3. The van der Waals surface area contributed by atoms with E-state index in [1.54, 1.807) is 41.3 Å². The summed E-state index contributed by atoms with van der Waals surface area (Å²) in [6.07, 6.45) is 2.56. The van der Waals surface area contributed by atoms with Crippen LogP contribution in [0.2, 0.25) is 0 Å². The van der Waals surface area contributed by atoms with Gasteiger partial charge >= 0.3 is 6.03 Å². The maximum atomic E-state index is 12.6. The van der Waals surface area contributed by atoms with E-state index in [2.05, 4.69) is 10.6 Å². The molecule has 1 aliphatic heterocycles. The topological polar surface area (TPSA) is 95.6 Å². The Morgan fingerprint density at radius 1 is 1.00 bits per heavy atom. The van der Waals surface area contributed by atoms with Gasteiger partial charge in [-0.1, -0.05) is 30.3 Å². The van der Waals surface area contributed by atoms with Crippen LogP contribution < -0.4 is 10.6 Å². The SMILES string of the molecule is C[C@@H](NC(=O)N1CCC(NC(=O)c2ccccc2)CC1)c1ccc(S(C)(=O)=O)cc1. The number of nitrogens with zero attached hydrogens (tertiary/aromatic N) is 1. The molecule has 1 fully saturated rings. The van der Waals surface area contributed by atoms with Gasteiger partial charge in [0, 0.05) is 31.0 Å². The third-order valence-corrected chi connectivity index (χ3v) is 6.43. The van der Waals surface area contributed by atoms with Crippen molar-refractivity contribution in [2.24, 2.45) is 0 Å². The average molecular weight is 430 g/mol. The number of hydrogen-bond acceptors (Lipinski definition) is 4. The monoisotopic (exact) mass is 429 g/mol. The van der Waals surface area contributed by atoms with E-state index in [0.29, 0.717) is 31.5 Å². The van der Waals surface area contributed by atoms with Crippen LogP contribution in [-0.2, 0) is 9.84 Å². The lowest BCUT2D eigenvalue weighted by Crippen LogP contribution is -2.49. The Balaban J connectivity index is 1.48. The first kappa shape index (κ1) is 21.8. The first-order valence-electron chi connectivity index (χ1n) is 9.95.